The molecule has 3 N–H and O–H groups in total. The van der Waals surface area contributed by atoms with E-state index in [0.29, 0.717) is 11.6 Å². The van der Waals surface area contributed by atoms with Gasteiger partial charge in [-0.3, -0.25) is 4.79 Å². The van der Waals surface area contributed by atoms with Crippen LogP contribution in [-0.2, 0) is 0 Å². The van der Waals surface area contributed by atoms with Crippen molar-refractivity contribution >= 4 is 22.9 Å². The van der Waals surface area contributed by atoms with Crippen LogP contribution in [0.15, 0.2) is 6.07 Å². The number of hydrogen-bond acceptors (Lipinski definition) is 4. The first-order valence-corrected chi connectivity index (χ1v) is 6.69. The maximum Gasteiger partial charge on any atom is 0.264 e. The third-order valence-electron chi connectivity index (χ3n) is 3.28. The minimum Gasteiger partial charge on any atom is -0.398 e. The van der Waals surface area contributed by atoms with Crippen LogP contribution in [0.25, 0.3) is 0 Å². The molecule has 0 aromatic carbocycles. The van der Waals surface area contributed by atoms with Crippen molar-refractivity contribution in [3.05, 3.63) is 15.8 Å². The third kappa shape index (κ3) is 2.61. The summed E-state index contributed by atoms with van der Waals surface area (Å²) in [6.07, 6.45) is 1.78. The highest BCUT2D eigenvalue weighted by Gasteiger charge is 2.27. The van der Waals surface area contributed by atoms with Gasteiger partial charge >= 0.3 is 0 Å². The molecule has 1 aromatic rings. The van der Waals surface area contributed by atoms with Gasteiger partial charge in [-0.15, -0.1) is 11.3 Å². The number of thiophene rings is 1. The zero-order chi connectivity index (χ0) is 12.4. The van der Waals surface area contributed by atoms with Gasteiger partial charge in [-0.25, -0.2) is 0 Å². The Morgan fingerprint density at radius 1 is 1.71 bits per heavy atom. The molecule has 0 spiro atoms. The number of amides is 1. The maximum atomic E-state index is 12.2. The van der Waals surface area contributed by atoms with E-state index >= 15 is 0 Å². The zero-order valence-corrected chi connectivity index (χ0v) is 10.8. The Balaban J connectivity index is 2.02. The highest BCUT2D eigenvalue weighted by molar-refractivity contribution is 7.14. The average molecular weight is 254 g/mol. The van der Waals surface area contributed by atoms with Crippen LogP contribution in [0.2, 0.25) is 0 Å². The first kappa shape index (κ1) is 12.4. The summed E-state index contributed by atoms with van der Waals surface area (Å²) in [6, 6.07) is 1.77. The molecule has 5 heteroatoms. The van der Waals surface area contributed by atoms with E-state index < -0.39 is 0 Å². The second kappa shape index (κ2) is 5.06. The van der Waals surface area contributed by atoms with Crippen LogP contribution >= 0.6 is 11.3 Å². The molecule has 1 fully saturated rings. The molecule has 1 amide bonds. The molecular weight excluding hydrogens is 236 g/mol. The van der Waals surface area contributed by atoms with E-state index in [1.807, 2.05) is 11.8 Å². The van der Waals surface area contributed by atoms with Gasteiger partial charge < -0.3 is 15.7 Å². The number of aliphatic hydroxyl groups is 1. The molecule has 4 nitrogen and oxygen atoms in total. The molecule has 94 valence electrons. The molecule has 1 aliphatic rings. The molecule has 0 aliphatic carbocycles. The largest absolute Gasteiger partial charge is 0.398 e. The summed E-state index contributed by atoms with van der Waals surface area (Å²) in [6.45, 7) is 3.68. The van der Waals surface area contributed by atoms with Gasteiger partial charge in [0.25, 0.3) is 5.91 Å². The molecule has 0 saturated carbocycles. The minimum atomic E-state index is 0.0789. The van der Waals surface area contributed by atoms with Crippen molar-refractivity contribution in [1.29, 1.82) is 0 Å². The molecule has 1 unspecified atom stereocenters. The van der Waals surface area contributed by atoms with Crippen molar-refractivity contribution in [1.82, 2.24) is 4.90 Å². The van der Waals surface area contributed by atoms with Crippen molar-refractivity contribution in [2.24, 2.45) is 5.92 Å². The number of nitrogen functional groups attached to an aromatic ring is 1. The quantitative estimate of drug-likeness (QED) is 0.858. The normalized spacial score (nSPS) is 19.9. The monoisotopic (exact) mass is 254 g/mol. The number of nitrogens with zero attached hydrogens (tertiary/aromatic N) is 1. The SMILES string of the molecule is Cc1sc(C(=O)N2CCC(CCO)C2)cc1N. The number of aryl methyl sites for hydroxylation is 1. The fourth-order valence-corrected chi connectivity index (χ4v) is 3.10. The maximum absolute atomic E-state index is 12.2. The number of likely N-dealkylation sites (tertiary alicyclic amines) is 1. The Morgan fingerprint density at radius 3 is 3.06 bits per heavy atom. The number of hydrogen-bond donors (Lipinski definition) is 2. The predicted molar refractivity (Wildman–Crippen MR) is 69.2 cm³/mol. The summed E-state index contributed by atoms with van der Waals surface area (Å²) in [5, 5.41) is 8.89. The van der Waals surface area contributed by atoms with E-state index in [1.165, 1.54) is 11.3 Å². The highest BCUT2D eigenvalue weighted by Crippen LogP contribution is 2.27. The fraction of sp³-hybridized carbons (Fsp3) is 0.583. The Bertz CT molecular complexity index is 397. The standard InChI is InChI=1S/C12H18N2O2S/c1-8-10(13)6-11(17-8)12(16)14-4-2-9(7-14)3-5-15/h6,9,15H,2-5,7,13H2,1H3. The summed E-state index contributed by atoms with van der Waals surface area (Å²) in [5.74, 6) is 0.526. The number of carbonyl (C=O) groups is 1. The van der Waals surface area contributed by atoms with Gasteiger partial charge in [-0.05, 0) is 31.7 Å². The predicted octanol–water partition coefficient (Wildman–Crippen LogP) is 1.48. The first-order valence-electron chi connectivity index (χ1n) is 5.88. The lowest BCUT2D eigenvalue weighted by molar-refractivity contribution is 0.0789. The van der Waals surface area contributed by atoms with E-state index in [2.05, 4.69) is 0 Å². The van der Waals surface area contributed by atoms with Crippen molar-refractivity contribution in [2.75, 3.05) is 25.4 Å². The highest BCUT2D eigenvalue weighted by atomic mass is 32.1. The van der Waals surface area contributed by atoms with Crippen molar-refractivity contribution < 1.29 is 9.90 Å². The van der Waals surface area contributed by atoms with Gasteiger partial charge in [0.1, 0.15) is 0 Å². The Labute approximate surface area is 105 Å². The molecule has 17 heavy (non-hydrogen) atoms. The van der Waals surface area contributed by atoms with Crippen LogP contribution < -0.4 is 5.73 Å². The van der Waals surface area contributed by atoms with Gasteiger partial charge in [-0.2, -0.15) is 0 Å². The van der Waals surface area contributed by atoms with Gasteiger partial charge in [0.15, 0.2) is 0 Å². The van der Waals surface area contributed by atoms with Gasteiger partial charge in [-0.1, -0.05) is 0 Å². The summed E-state index contributed by atoms with van der Waals surface area (Å²) < 4.78 is 0. The van der Waals surface area contributed by atoms with E-state index in [1.54, 1.807) is 6.07 Å². The summed E-state index contributed by atoms with van der Waals surface area (Å²) >= 11 is 1.46. The molecule has 2 heterocycles. The second-order valence-corrected chi connectivity index (χ2v) is 5.80. The number of aliphatic hydroxyl groups excluding tert-OH is 1. The van der Waals surface area contributed by atoms with Crippen LogP contribution in [0.4, 0.5) is 5.69 Å². The van der Waals surface area contributed by atoms with E-state index in [-0.39, 0.29) is 12.5 Å². The Morgan fingerprint density at radius 2 is 2.47 bits per heavy atom. The van der Waals surface area contributed by atoms with E-state index in [9.17, 15) is 4.79 Å². The van der Waals surface area contributed by atoms with E-state index in [0.717, 1.165) is 35.7 Å². The van der Waals surface area contributed by atoms with Crippen molar-refractivity contribution in [2.45, 2.75) is 19.8 Å². The lowest BCUT2D eigenvalue weighted by Gasteiger charge is -2.15. The lowest BCUT2D eigenvalue weighted by Crippen LogP contribution is -2.28. The molecule has 0 bridgehead atoms. The lowest BCUT2D eigenvalue weighted by atomic mass is 10.1. The smallest absolute Gasteiger partial charge is 0.264 e. The first-order chi connectivity index (χ1) is 8.11. The molecule has 1 aromatic heterocycles. The summed E-state index contributed by atoms with van der Waals surface area (Å²) in [7, 11) is 0. The number of anilines is 1. The van der Waals surface area contributed by atoms with Crippen LogP contribution in [0, 0.1) is 12.8 Å². The van der Waals surface area contributed by atoms with Crippen LogP contribution in [0.1, 0.15) is 27.4 Å². The number of carbonyl (C=O) groups excluding carboxylic acids is 1. The third-order valence-corrected chi connectivity index (χ3v) is 4.33. The van der Waals surface area contributed by atoms with Crippen molar-refractivity contribution in [3.8, 4) is 0 Å². The molecule has 1 atom stereocenters. The number of rotatable bonds is 3. The van der Waals surface area contributed by atoms with Crippen molar-refractivity contribution in [3.63, 3.8) is 0 Å². The Kier molecular flexibility index (Phi) is 3.69. The molecule has 1 saturated heterocycles. The number of nitrogens with two attached hydrogens (primary N) is 1. The second-order valence-electron chi connectivity index (χ2n) is 4.54. The van der Waals surface area contributed by atoms with Gasteiger partial charge in [0, 0.05) is 30.3 Å². The van der Waals surface area contributed by atoms with Gasteiger partial charge in [0.05, 0.1) is 4.88 Å². The average Bonchev–Trinajstić information content (AvgIpc) is 2.87. The van der Waals surface area contributed by atoms with Gasteiger partial charge in [0.2, 0.25) is 0 Å². The topological polar surface area (TPSA) is 66.6 Å². The van der Waals surface area contributed by atoms with Crippen LogP contribution in [0.5, 0.6) is 0 Å². The molecule has 0 radical (unpaired) electrons. The Hall–Kier alpha value is -1.07. The van der Waals surface area contributed by atoms with E-state index in [4.69, 9.17) is 10.8 Å². The molecular formula is C12H18N2O2S. The zero-order valence-electron chi connectivity index (χ0n) is 9.98. The molecule has 2 rings (SSSR count). The fourth-order valence-electron chi connectivity index (χ4n) is 2.19. The minimum absolute atomic E-state index is 0.0789. The van der Waals surface area contributed by atoms with Crippen LogP contribution in [-0.4, -0.2) is 35.6 Å². The molecule has 1 aliphatic heterocycles. The summed E-state index contributed by atoms with van der Waals surface area (Å²) in [4.78, 5) is 15.8. The van der Waals surface area contributed by atoms with Crippen LogP contribution in [0.3, 0.4) is 0 Å². The summed E-state index contributed by atoms with van der Waals surface area (Å²) in [5.41, 5.74) is 6.46.